The summed E-state index contributed by atoms with van der Waals surface area (Å²) in [5.41, 5.74) is 1.04. The average molecular weight is 293 g/mol. The van der Waals surface area contributed by atoms with Gasteiger partial charge in [0.1, 0.15) is 0 Å². The van der Waals surface area contributed by atoms with E-state index < -0.39 is 11.6 Å². The minimum atomic E-state index is -0.830. The predicted octanol–water partition coefficient (Wildman–Crippen LogP) is 4.22. The van der Waals surface area contributed by atoms with Crippen molar-refractivity contribution in [3.63, 3.8) is 0 Å². The lowest BCUT2D eigenvalue weighted by Crippen LogP contribution is -2.05. The number of amides is 1. The highest BCUT2D eigenvalue weighted by atomic mass is 32.2. The van der Waals surface area contributed by atoms with Crippen molar-refractivity contribution < 1.29 is 13.6 Å². The highest BCUT2D eigenvalue weighted by molar-refractivity contribution is 7.98. The van der Waals surface area contributed by atoms with Gasteiger partial charge in [0.25, 0.3) is 0 Å². The van der Waals surface area contributed by atoms with Gasteiger partial charge in [0.2, 0.25) is 5.91 Å². The van der Waals surface area contributed by atoms with Gasteiger partial charge in [-0.1, -0.05) is 12.1 Å². The van der Waals surface area contributed by atoms with Gasteiger partial charge in [-0.3, -0.25) is 4.79 Å². The molecule has 1 amide bonds. The monoisotopic (exact) mass is 293 g/mol. The Balaban J connectivity index is 2.00. The molecule has 0 aliphatic rings. The molecule has 0 fully saturated rings. The summed E-state index contributed by atoms with van der Waals surface area (Å²) >= 11 is 1.40. The standard InChI is InChI=1S/C15H13F2NOS/c1-10(19)18-12-5-7-13(8-6-12)20-9-11-3-2-4-14(16)15(11)17/h2-8H,9H2,1H3,(H,18,19). The Labute approximate surface area is 120 Å². The predicted molar refractivity (Wildman–Crippen MR) is 76.7 cm³/mol. The Morgan fingerprint density at radius 2 is 1.85 bits per heavy atom. The van der Waals surface area contributed by atoms with Crippen LogP contribution in [0.2, 0.25) is 0 Å². The second kappa shape index (κ2) is 6.52. The molecule has 0 radical (unpaired) electrons. The van der Waals surface area contributed by atoms with E-state index in [1.807, 2.05) is 12.1 Å². The number of nitrogens with one attached hydrogen (secondary N) is 1. The first-order valence-corrected chi connectivity index (χ1v) is 6.98. The molecule has 20 heavy (non-hydrogen) atoms. The van der Waals surface area contributed by atoms with Crippen LogP contribution in [0.1, 0.15) is 12.5 Å². The third-order valence-electron chi connectivity index (χ3n) is 2.60. The van der Waals surface area contributed by atoms with Crippen LogP contribution in [0.15, 0.2) is 47.4 Å². The summed E-state index contributed by atoms with van der Waals surface area (Å²) in [6.45, 7) is 1.44. The van der Waals surface area contributed by atoms with Crippen LogP contribution < -0.4 is 5.32 Å². The Kier molecular flexibility index (Phi) is 4.74. The number of benzene rings is 2. The quantitative estimate of drug-likeness (QED) is 0.855. The number of hydrogen-bond acceptors (Lipinski definition) is 2. The fourth-order valence-corrected chi connectivity index (χ4v) is 2.53. The molecule has 2 aromatic rings. The number of carbonyl (C=O) groups excluding carboxylic acids is 1. The first-order valence-electron chi connectivity index (χ1n) is 5.99. The van der Waals surface area contributed by atoms with Crippen LogP contribution >= 0.6 is 11.8 Å². The van der Waals surface area contributed by atoms with Crippen molar-refractivity contribution in [2.24, 2.45) is 0 Å². The topological polar surface area (TPSA) is 29.1 Å². The number of hydrogen-bond donors (Lipinski definition) is 1. The molecule has 0 aliphatic carbocycles. The van der Waals surface area contributed by atoms with E-state index in [1.54, 1.807) is 18.2 Å². The largest absolute Gasteiger partial charge is 0.326 e. The number of halogens is 2. The molecule has 0 unspecified atom stereocenters. The maximum atomic E-state index is 13.5. The normalized spacial score (nSPS) is 10.3. The van der Waals surface area contributed by atoms with Gasteiger partial charge >= 0.3 is 0 Å². The summed E-state index contributed by atoms with van der Waals surface area (Å²) in [4.78, 5) is 11.8. The summed E-state index contributed by atoms with van der Waals surface area (Å²) in [6, 6.07) is 11.4. The average Bonchev–Trinajstić information content (AvgIpc) is 2.41. The van der Waals surface area contributed by atoms with Crippen LogP contribution in [0, 0.1) is 11.6 Å². The zero-order valence-electron chi connectivity index (χ0n) is 10.8. The molecular formula is C15H13F2NOS. The molecule has 5 heteroatoms. The minimum absolute atomic E-state index is 0.132. The molecular weight excluding hydrogens is 280 g/mol. The SMILES string of the molecule is CC(=O)Nc1ccc(SCc2cccc(F)c2F)cc1. The molecule has 104 valence electrons. The van der Waals surface area contributed by atoms with E-state index in [0.717, 1.165) is 11.0 Å². The fourth-order valence-electron chi connectivity index (χ4n) is 1.66. The number of rotatable bonds is 4. The van der Waals surface area contributed by atoms with Gasteiger partial charge in [-0.25, -0.2) is 8.78 Å². The molecule has 2 nitrogen and oxygen atoms in total. The van der Waals surface area contributed by atoms with Gasteiger partial charge in [0.05, 0.1) is 0 Å². The molecule has 2 aromatic carbocycles. The van der Waals surface area contributed by atoms with E-state index >= 15 is 0 Å². The third-order valence-corrected chi connectivity index (χ3v) is 3.66. The summed E-state index contributed by atoms with van der Waals surface area (Å²) in [5, 5.41) is 2.66. The Morgan fingerprint density at radius 1 is 1.15 bits per heavy atom. The van der Waals surface area contributed by atoms with E-state index in [4.69, 9.17) is 0 Å². The van der Waals surface area contributed by atoms with Gasteiger partial charge in [0.15, 0.2) is 11.6 Å². The maximum absolute atomic E-state index is 13.5. The Morgan fingerprint density at radius 3 is 2.50 bits per heavy atom. The van der Waals surface area contributed by atoms with Crippen molar-refractivity contribution >= 4 is 23.4 Å². The number of anilines is 1. The molecule has 0 aliphatic heterocycles. The van der Waals surface area contributed by atoms with E-state index in [0.29, 0.717) is 17.0 Å². The van der Waals surface area contributed by atoms with Gasteiger partial charge in [0, 0.05) is 28.8 Å². The summed E-state index contributed by atoms with van der Waals surface area (Å²) < 4.78 is 26.5. The van der Waals surface area contributed by atoms with Gasteiger partial charge in [-0.05, 0) is 30.3 Å². The first kappa shape index (κ1) is 14.5. The lowest BCUT2D eigenvalue weighted by Gasteiger charge is -2.06. The molecule has 0 bridgehead atoms. The van der Waals surface area contributed by atoms with Gasteiger partial charge in [-0.2, -0.15) is 0 Å². The van der Waals surface area contributed by atoms with Crippen LogP contribution in [-0.2, 0) is 10.5 Å². The number of carbonyl (C=O) groups is 1. The van der Waals surface area contributed by atoms with Crippen molar-refractivity contribution in [1.29, 1.82) is 0 Å². The van der Waals surface area contributed by atoms with E-state index in [2.05, 4.69) is 5.32 Å². The van der Waals surface area contributed by atoms with Crippen molar-refractivity contribution in [3.8, 4) is 0 Å². The van der Waals surface area contributed by atoms with Crippen LogP contribution in [0.4, 0.5) is 14.5 Å². The smallest absolute Gasteiger partial charge is 0.221 e. The van der Waals surface area contributed by atoms with Crippen molar-refractivity contribution in [2.75, 3.05) is 5.32 Å². The van der Waals surface area contributed by atoms with Crippen LogP contribution in [-0.4, -0.2) is 5.91 Å². The summed E-state index contributed by atoms with van der Waals surface area (Å²) in [6.07, 6.45) is 0. The lowest BCUT2D eigenvalue weighted by molar-refractivity contribution is -0.114. The van der Waals surface area contributed by atoms with Crippen molar-refractivity contribution in [1.82, 2.24) is 0 Å². The van der Waals surface area contributed by atoms with Crippen molar-refractivity contribution in [2.45, 2.75) is 17.6 Å². The van der Waals surface area contributed by atoms with E-state index in [-0.39, 0.29) is 5.91 Å². The molecule has 1 N–H and O–H groups in total. The van der Waals surface area contributed by atoms with Gasteiger partial charge in [-0.15, -0.1) is 11.8 Å². The zero-order chi connectivity index (χ0) is 14.5. The van der Waals surface area contributed by atoms with Crippen LogP contribution in [0.5, 0.6) is 0 Å². The minimum Gasteiger partial charge on any atom is -0.326 e. The molecule has 0 saturated carbocycles. The highest BCUT2D eigenvalue weighted by Crippen LogP contribution is 2.26. The summed E-state index contributed by atoms with van der Waals surface area (Å²) in [7, 11) is 0. The van der Waals surface area contributed by atoms with Crippen LogP contribution in [0.3, 0.4) is 0 Å². The van der Waals surface area contributed by atoms with Crippen molar-refractivity contribution in [3.05, 3.63) is 59.7 Å². The lowest BCUT2D eigenvalue weighted by atomic mass is 10.2. The molecule has 0 aromatic heterocycles. The van der Waals surface area contributed by atoms with Crippen LogP contribution in [0.25, 0.3) is 0 Å². The molecule has 0 spiro atoms. The number of thioether (sulfide) groups is 1. The Bertz CT molecular complexity index is 614. The molecule has 0 saturated heterocycles. The summed E-state index contributed by atoms with van der Waals surface area (Å²) in [5.74, 6) is -1.41. The van der Waals surface area contributed by atoms with Gasteiger partial charge < -0.3 is 5.32 Å². The first-order chi connectivity index (χ1) is 9.56. The second-order valence-corrected chi connectivity index (χ2v) is 5.26. The highest BCUT2D eigenvalue weighted by Gasteiger charge is 2.07. The van der Waals surface area contributed by atoms with E-state index in [1.165, 1.54) is 24.8 Å². The second-order valence-electron chi connectivity index (χ2n) is 4.21. The third kappa shape index (κ3) is 3.81. The molecule has 0 heterocycles. The Hall–Kier alpha value is -1.88. The molecule has 2 rings (SSSR count). The maximum Gasteiger partial charge on any atom is 0.221 e. The zero-order valence-corrected chi connectivity index (χ0v) is 11.6. The fraction of sp³-hybridized carbons (Fsp3) is 0.133. The molecule has 0 atom stereocenters. The van der Waals surface area contributed by atoms with E-state index in [9.17, 15) is 13.6 Å².